The van der Waals surface area contributed by atoms with Crippen LogP contribution in [0.15, 0.2) is 28.0 Å². The van der Waals surface area contributed by atoms with Gasteiger partial charge in [0.05, 0.1) is 16.1 Å². The predicted octanol–water partition coefficient (Wildman–Crippen LogP) is 3.46. The number of thiazole rings is 1. The summed E-state index contributed by atoms with van der Waals surface area (Å²) in [5.41, 5.74) is 5.86. The fourth-order valence-electron chi connectivity index (χ4n) is 2.21. The van der Waals surface area contributed by atoms with Gasteiger partial charge in [-0.2, -0.15) is 0 Å². The minimum absolute atomic E-state index is 0.390. The van der Waals surface area contributed by atoms with Gasteiger partial charge in [-0.1, -0.05) is 6.07 Å². The van der Waals surface area contributed by atoms with Crippen LogP contribution in [0.25, 0.3) is 9.88 Å². The zero-order valence-electron chi connectivity index (χ0n) is 13.3. The molecule has 0 spiro atoms. The van der Waals surface area contributed by atoms with Crippen LogP contribution in [0.1, 0.15) is 37.2 Å². The summed E-state index contributed by atoms with van der Waals surface area (Å²) in [4.78, 5) is 30.3. The first-order valence-corrected chi connectivity index (χ1v) is 8.84. The molecule has 3 aromatic heterocycles. The summed E-state index contributed by atoms with van der Waals surface area (Å²) in [6, 6.07) is 5.52. The van der Waals surface area contributed by atoms with Crippen molar-refractivity contribution in [2.24, 2.45) is 0 Å². The zero-order valence-corrected chi connectivity index (χ0v) is 14.9. The van der Waals surface area contributed by atoms with E-state index >= 15 is 0 Å². The molecule has 6 nitrogen and oxygen atoms in total. The van der Waals surface area contributed by atoms with E-state index in [4.69, 9.17) is 4.42 Å². The second-order valence-electron chi connectivity index (χ2n) is 5.15. The van der Waals surface area contributed by atoms with Crippen molar-refractivity contribution in [3.63, 3.8) is 0 Å². The number of nitrogens with zero attached hydrogens (tertiary/aromatic N) is 1. The van der Waals surface area contributed by atoms with Crippen molar-refractivity contribution in [3.05, 3.63) is 51.2 Å². The number of amides is 2. The third kappa shape index (κ3) is 3.24. The molecule has 0 bridgehead atoms. The van der Waals surface area contributed by atoms with E-state index in [9.17, 15) is 9.59 Å². The van der Waals surface area contributed by atoms with Crippen LogP contribution >= 0.6 is 22.7 Å². The van der Waals surface area contributed by atoms with E-state index < -0.39 is 5.91 Å². The van der Waals surface area contributed by atoms with Crippen molar-refractivity contribution in [1.29, 1.82) is 0 Å². The molecule has 0 aliphatic carbocycles. The Labute approximate surface area is 146 Å². The topological polar surface area (TPSA) is 84.2 Å². The van der Waals surface area contributed by atoms with Crippen molar-refractivity contribution in [3.8, 4) is 9.88 Å². The van der Waals surface area contributed by atoms with E-state index in [1.807, 2.05) is 17.5 Å². The Morgan fingerprint density at radius 2 is 1.92 bits per heavy atom. The van der Waals surface area contributed by atoms with Gasteiger partial charge in [0.2, 0.25) is 0 Å². The number of hydrogen-bond acceptors (Lipinski definition) is 6. The van der Waals surface area contributed by atoms with Gasteiger partial charge in [0.15, 0.2) is 0 Å². The lowest BCUT2D eigenvalue weighted by molar-refractivity contribution is 0.0847. The molecule has 3 aromatic rings. The van der Waals surface area contributed by atoms with Crippen LogP contribution in [0.2, 0.25) is 0 Å². The number of hydrogen-bond donors (Lipinski definition) is 2. The van der Waals surface area contributed by atoms with E-state index in [0.717, 1.165) is 9.88 Å². The summed E-state index contributed by atoms with van der Waals surface area (Å²) < 4.78 is 5.31. The van der Waals surface area contributed by atoms with Crippen LogP contribution < -0.4 is 10.9 Å². The number of nitrogens with one attached hydrogen (secondary N) is 2. The predicted molar refractivity (Wildman–Crippen MR) is 93.3 cm³/mol. The molecule has 8 heteroatoms. The average molecular weight is 361 g/mol. The molecular weight excluding hydrogens is 346 g/mol. The van der Waals surface area contributed by atoms with Crippen LogP contribution in [-0.4, -0.2) is 16.8 Å². The molecule has 0 fully saturated rings. The van der Waals surface area contributed by atoms with E-state index in [2.05, 4.69) is 15.8 Å². The third-order valence-electron chi connectivity index (χ3n) is 3.31. The van der Waals surface area contributed by atoms with Gasteiger partial charge >= 0.3 is 0 Å². The van der Waals surface area contributed by atoms with Crippen LogP contribution in [0, 0.1) is 20.8 Å². The molecule has 0 aliphatic rings. The fourth-order valence-corrected chi connectivity index (χ4v) is 3.96. The van der Waals surface area contributed by atoms with Gasteiger partial charge in [0, 0.05) is 0 Å². The molecule has 3 heterocycles. The SMILES string of the molecule is Cc1cc(C(=O)NNC(=O)c2sc(-c3cccs3)nc2C)c(C)o1. The van der Waals surface area contributed by atoms with E-state index in [1.54, 1.807) is 38.2 Å². The first-order chi connectivity index (χ1) is 11.5. The number of thiophene rings is 1. The minimum Gasteiger partial charge on any atom is -0.466 e. The molecule has 24 heavy (non-hydrogen) atoms. The number of hydrazine groups is 1. The summed E-state index contributed by atoms with van der Waals surface area (Å²) >= 11 is 2.86. The molecule has 124 valence electrons. The van der Waals surface area contributed by atoms with Crippen LogP contribution in [0.5, 0.6) is 0 Å². The number of aromatic nitrogens is 1. The second kappa shape index (κ2) is 6.58. The zero-order chi connectivity index (χ0) is 17.3. The summed E-state index contributed by atoms with van der Waals surface area (Å²) in [5, 5.41) is 2.75. The maximum absolute atomic E-state index is 12.3. The van der Waals surface area contributed by atoms with Crippen molar-refractivity contribution < 1.29 is 14.0 Å². The monoisotopic (exact) mass is 361 g/mol. The van der Waals surface area contributed by atoms with Gasteiger partial charge in [-0.25, -0.2) is 4.98 Å². The number of rotatable bonds is 3. The van der Waals surface area contributed by atoms with Gasteiger partial charge in [-0.15, -0.1) is 22.7 Å². The van der Waals surface area contributed by atoms with E-state index in [0.29, 0.717) is 27.7 Å². The third-order valence-corrected chi connectivity index (χ3v) is 5.51. The Kier molecular flexibility index (Phi) is 4.50. The van der Waals surface area contributed by atoms with E-state index in [1.165, 1.54) is 11.3 Å². The van der Waals surface area contributed by atoms with Crippen LogP contribution in [-0.2, 0) is 0 Å². The summed E-state index contributed by atoms with van der Waals surface area (Å²) in [6.45, 7) is 5.23. The quantitative estimate of drug-likeness (QED) is 0.700. The lowest BCUT2D eigenvalue weighted by atomic mass is 10.2. The molecule has 0 radical (unpaired) electrons. The summed E-state index contributed by atoms with van der Waals surface area (Å²) in [7, 11) is 0. The van der Waals surface area contributed by atoms with E-state index in [-0.39, 0.29) is 5.91 Å². The summed E-state index contributed by atoms with van der Waals surface area (Å²) in [5.74, 6) is 0.341. The van der Waals surface area contributed by atoms with Gasteiger partial charge in [0.1, 0.15) is 21.4 Å². The van der Waals surface area contributed by atoms with Crippen molar-refractivity contribution in [1.82, 2.24) is 15.8 Å². The van der Waals surface area contributed by atoms with Crippen molar-refractivity contribution in [2.45, 2.75) is 20.8 Å². The highest BCUT2D eigenvalue weighted by Gasteiger charge is 2.19. The smallest absolute Gasteiger partial charge is 0.281 e. The number of carbonyl (C=O) groups excluding carboxylic acids is 2. The maximum atomic E-state index is 12.3. The standard InChI is InChI=1S/C16H15N3O3S2/c1-8-7-11(10(3)22-8)14(20)18-19-15(21)13-9(2)17-16(24-13)12-5-4-6-23-12/h4-7H,1-3H3,(H,18,20)(H,19,21). The largest absolute Gasteiger partial charge is 0.466 e. The van der Waals surface area contributed by atoms with Crippen molar-refractivity contribution in [2.75, 3.05) is 0 Å². The maximum Gasteiger partial charge on any atom is 0.281 e. The number of aryl methyl sites for hydroxylation is 3. The summed E-state index contributed by atoms with van der Waals surface area (Å²) in [6.07, 6.45) is 0. The van der Waals surface area contributed by atoms with Gasteiger partial charge < -0.3 is 4.42 Å². The second-order valence-corrected chi connectivity index (χ2v) is 7.09. The minimum atomic E-state index is -0.418. The lowest BCUT2D eigenvalue weighted by Crippen LogP contribution is -2.41. The Balaban J connectivity index is 1.69. The molecule has 0 unspecified atom stereocenters. The molecule has 2 N–H and O–H groups in total. The average Bonchev–Trinajstić information content (AvgIpc) is 3.24. The molecule has 0 saturated carbocycles. The van der Waals surface area contributed by atoms with Crippen LogP contribution in [0.3, 0.4) is 0 Å². The molecule has 0 atom stereocenters. The number of furan rings is 1. The first kappa shape index (κ1) is 16.4. The Morgan fingerprint density at radius 3 is 2.54 bits per heavy atom. The molecule has 0 saturated heterocycles. The molecular formula is C16H15N3O3S2. The highest BCUT2D eigenvalue weighted by molar-refractivity contribution is 7.22. The molecule has 0 aromatic carbocycles. The normalized spacial score (nSPS) is 10.6. The highest BCUT2D eigenvalue weighted by atomic mass is 32.1. The fraction of sp³-hybridized carbons (Fsp3) is 0.188. The van der Waals surface area contributed by atoms with Crippen molar-refractivity contribution >= 4 is 34.5 Å². The Bertz CT molecular complexity index is 894. The van der Waals surface area contributed by atoms with Crippen LogP contribution in [0.4, 0.5) is 0 Å². The molecule has 3 rings (SSSR count). The first-order valence-electron chi connectivity index (χ1n) is 7.14. The molecule has 2 amide bonds. The Morgan fingerprint density at radius 1 is 1.17 bits per heavy atom. The lowest BCUT2D eigenvalue weighted by Gasteiger charge is -2.05. The van der Waals surface area contributed by atoms with Gasteiger partial charge in [-0.05, 0) is 38.3 Å². The highest BCUT2D eigenvalue weighted by Crippen LogP contribution is 2.30. The Hall–Kier alpha value is -2.45. The number of carbonyl (C=O) groups is 2. The molecule has 0 aliphatic heterocycles. The van der Waals surface area contributed by atoms with Gasteiger partial charge in [0.25, 0.3) is 11.8 Å². The van der Waals surface area contributed by atoms with Gasteiger partial charge in [-0.3, -0.25) is 20.4 Å².